The Kier molecular flexibility index (Phi) is 4.39. The van der Waals surface area contributed by atoms with E-state index < -0.39 is 0 Å². The molecule has 88 valence electrons. The molecule has 0 unspecified atom stereocenters. The van der Waals surface area contributed by atoms with Gasteiger partial charge in [0.15, 0.2) is 0 Å². The monoisotopic (exact) mass is 232 g/mol. The number of allylic oxidation sites excluding steroid dienone is 1. The topological polar surface area (TPSA) is 0 Å². The molecule has 0 heterocycles. The zero-order chi connectivity index (χ0) is 12.6. The Labute approximate surface area is 109 Å². The van der Waals surface area contributed by atoms with Gasteiger partial charge >= 0.3 is 0 Å². The van der Waals surface area contributed by atoms with Crippen molar-refractivity contribution >= 4 is 5.57 Å². The van der Waals surface area contributed by atoms with E-state index in [1.807, 2.05) is 36.4 Å². The lowest BCUT2D eigenvalue weighted by molar-refractivity contribution is 1.03. The Morgan fingerprint density at radius 3 is 2.17 bits per heavy atom. The Hall–Kier alpha value is -2.26. The maximum absolute atomic E-state index is 4.00. The van der Waals surface area contributed by atoms with Gasteiger partial charge in [-0.1, -0.05) is 79.1 Å². The molecule has 0 heteroatoms. The molecule has 0 spiro atoms. The minimum atomic E-state index is 0.871. The van der Waals surface area contributed by atoms with E-state index in [0.29, 0.717) is 0 Å². The third kappa shape index (κ3) is 3.64. The first kappa shape index (κ1) is 12.2. The summed E-state index contributed by atoms with van der Waals surface area (Å²) in [5, 5.41) is 0. The minimum absolute atomic E-state index is 0.871. The lowest BCUT2D eigenvalue weighted by Gasteiger charge is -1.97. The molecule has 2 aromatic carbocycles. The number of rotatable bonds is 3. The molecule has 0 bridgehead atoms. The fourth-order valence-corrected chi connectivity index (χ4v) is 1.73. The molecule has 2 rings (SSSR count). The number of hydrogen-bond acceptors (Lipinski definition) is 0. The SMILES string of the molecule is C=C(C#CCCc1ccccc1)c1ccccc1. The van der Waals surface area contributed by atoms with Crippen LogP contribution in [0.1, 0.15) is 17.5 Å². The van der Waals surface area contributed by atoms with Crippen LogP contribution in [0.4, 0.5) is 0 Å². The fraction of sp³-hybridized carbons (Fsp3) is 0.111. The second-order valence-electron chi connectivity index (χ2n) is 4.13. The summed E-state index contributed by atoms with van der Waals surface area (Å²) in [6.07, 6.45) is 1.87. The van der Waals surface area contributed by atoms with E-state index in [1.165, 1.54) is 5.56 Å². The molecule has 0 aliphatic carbocycles. The van der Waals surface area contributed by atoms with E-state index in [9.17, 15) is 0 Å². The molecule has 0 radical (unpaired) electrons. The van der Waals surface area contributed by atoms with Crippen molar-refractivity contribution in [2.75, 3.05) is 0 Å². The predicted molar refractivity (Wildman–Crippen MR) is 78.0 cm³/mol. The van der Waals surface area contributed by atoms with Crippen LogP contribution in [0.3, 0.4) is 0 Å². The van der Waals surface area contributed by atoms with Gasteiger partial charge in [0.2, 0.25) is 0 Å². The largest absolute Gasteiger partial charge is 0.0975 e. The maximum atomic E-state index is 4.00. The van der Waals surface area contributed by atoms with E-state index in [-0.39, 0.29) is 0 Å². The van der Waals surface area contributed by atoms with Crippen LogP contribution in [0.2, 0.25) is 0 Å². The second kappa shape index (κ2) is 6.47. The van der Waals surface area contributed by atoms with Crippen LogP contribution in [0.15, 0.2) is 67.2 Å². The molecule has 18 heavy (non-hydrogen) atoms. The lowest BCUT2D eigenvalue weighted by Crippen LogP contribution is -1.82. The third-order valence-corrected chi connectivity index (χ3v) is 2.74. The van der Waals surface area contributed by atoms with Gasteiger partial charge in [-0.3, -0.25) is 0 Å². The second-order valence-corrected chi connectivity index (χ2v) is 4.13. The average molecular weight is 232 g/mol. The molecule has 0 fully saturated rings. The van der Waals surface area contributed by atoms with Gasteiger partial charge < -0.3 is 0 Å². The van der Waals surface area contributed by atoms with Crippen molar-refractivity contribution < 1.29 is 0 Å². The van der Waals surface area contributed by atoms with E-state index in [4.69, 9.17) is 0 Å². The maximum Gasteiger partial charge on any atom is 0.0245 e. The molecule has 0 aliphatic heterocycles. The van der Waals surface area contributed by atoms with Crippen molar-refractivity contribution in [1.29, 1.82) is 0 Å². The highest BCUT2D eigenvalue weighted by Gasteiger charge is 1.92. The smallest absolute Gasteiger partial charge is 0.0245 e. The highest BCUT2D eigenvalue weighted by atomic mass is 14.0. The van der Waals surface area contributed by atoms with Crippen molar-refractivity contribution in [2.24, 2.45) is 0 Å². The van der Waals surface area contributed by atoms with Gasteiger partial charge in [-0.15, -0.1) is 0 Å². The van der Waals surface area contributed by atoms with E-state index in [0.717, 1.165) is 24.0 Å². The van der Waals surface area contributed by atoms with Crippen LogP contribution in [0.5, 0.6) is 0 Å². The third-order valence-electron chi connectivity index (χ3n) is 2.74. The van der Waals surface area contributed by atoms with Crippen molar-refractivity contribution in [3.05, 3.63) is 78.4 Å². The van der Waals surface area contributed by atoms with Crippen LogP contribution in [0.25, 0.3) is 5.57 Å². The zero-order valence-electron chi connectivity index (χ0n) is 10.4. The summed E-state index contributed by atoms with van der Waals surface area (Å²) >= 11 is 0. The molecule has 0 aliphatic rings. The van der Waals surface area contributed by atoms with Gasteiger partial charge in [-0.25, -0.2) is 0 Å². The molecule has 0 saturated carbocycles. The Morgan fingerprint density at radius 1 is 0.889 bits per heavy atom. The molecule has 0 nitrogen and oxygen atoms in total. The Morgan fingerprint density at radius 2 is 1.50 bits per heavy atom. The summed E-state index contributed by atoms with van der Waals surface area (Å²) in [6.45, 7) is 4.00. The first-order valence-corrected chi connectivity index (χ1v) is 6.13. The Balaban J connectivity index is 1.88. The number of aryl methyl sites for hydroxylation is 1. The Bertz CT molecular complexity index is 553. The van der Waals surface area contributed by atoms with Crippen LogP contribution in [0, 0.1) is 11.8 Å². The number of hydrogen-bond donors (Lipinski definition) is 0. The minimum Gasteiger partial charge on any atom is -0.0975 e. The molecular formula is C18H16. The first-order valence-electron chi connectivity index (χ1n) is 6.13. The molecular weight excluding hydrogens is 216 g/mol. The van der Waals surface area contributed by atoms with Crippen molar-refractivity contribution in [1.82, 2.24) is 0 Å². The highest BCUT2D eigenvalue weighted by Crippen LogP contribution is 2.10. The quantitative estimate of drug-likeness (QED) is 0.691. The van der Waals surface area contributed by atoms with Gasteiger partial charge in [0.05, 0.1) is 0 Å². The molecule has 0 aromatic heterocycles. The average Bonchev–Trinajstić information content (AvgIpc) is 2.45. The normalized spacial score (nSPS) is 9.33. The van der Waals surface area contributed by atoms with Crippen LogP contribution in [-0.2, 0) is 6.42 Å². The molecule has 0 N–H and O–H groups in total. The molecule has 0 saturated heterocycles. The predicted octanol–water partition coefficient (Wildman–Crippen LogP) is 4.34. The van der Waals surface area contributed by atoms with Gasteiger partial charge in [-0.2, -0.15) is 0 Å². The van der Waals surface area contributed by atoms with Crippen molar-refractivity contribution in [2.45, 2.75) is 12.8 Å². The summed E-state index contributed by atoms with van der Waals surface area (Å²) in [5.74, 6) is 6.31. The fourth-order valence-electron chi connectivity index (χ4n) is 1.73. The molecule has 0 amide bonds. The molecule has 2 aromatic rings. The molecule has 0 atom stereocenters. The van der Waals surface area contributed by atoms with Crippen LogP contribution < -0.4 is 0 Å². The van der Waals surface area contributed by atoms with Gasteiger partial charge in [0.1, 0.15) is 0 Å². The van der Waals surface area contributed by atoms with Crippen molar-refractivity contribution in [3.63, 3.8) is 0 Å². The van der Waals surface area contributed by atoms with Gasteiger partial charge in [-0.05, 0) is 17.5 Å². The van der Waals surface area contributed by atoms with Crippen molar-refractivity contribution in [3.8, 4) is 11.8 Å². The van der Waals surface area contributed by atoms with E-state index in [1.54, 1.807) is 0 Å². The van der Waals surface area contributed by atoms with Crippen LogP contribution >= 0.6 is 0 Å². The zero-order valence-corrected chi connectivity index (χ0v) is 10.4. The van der Waals surface area contributed by atoms with E-state index >= 15 is 0 Å². The van der Waals surface area contributed by atoms with E-state index in [2.05, 4.69) is 42.7 Å². The van der Waals surface area contributed by atoms with Crippen LogP contribution in [-0.4, -0.2) is 0 Å². The van der Waals surface area contributed by atoms with Gasteiger partial charge in [0, 0.05) is 12.0 Å². The number of benzene rings is 2. The highest BCUT2D eigenvalue weighted by molar-refractivity contribution is 5.76. The standard InChI is InChI=1S/C18H16/c1-16(18-14-6-3-7-15-18)10-8-9-13-17-11-4-2-5-12-17/h2-7,11-12,14-15H,1,9,13H2. The summed E-state index contributed by atoms with van der Waals surface area (Å²) in [4.78, 5) is 0. The van der Waals surface area contributed by atoms with Gasteiger partial charge in [0.25, 0.3) is 0 Å². The summed E-state index contributed by atoms with van der Waals surface area (Å²) in [7, 11) is 0. The summed E-state index contributed by atoms with van der Waals surface area (Å²) in [6, 6.07) is 20.5. The summed E-state index contributed by atoms with van der Waals surface area (Å²) < 4.78 is 0. The summed E-state index contributed by atoms with van der Waals surface area (Å²) in [5.41, 5.74) is 3.32. The lowest BCUT2D eigenvalue weighted by atomic mass is 10.1. The first-order chi connectivity index (χ1) is 8.86.